The zero-order valence-corrected chi connectivity index (χ0v) is 18.8. The predicted molar refractivity (Wildman–Crippen MR) is 127 cm³/mol. The number of H-pyrrole nitrogens is 1. The third kappa shape index (κ3) is 3.73. The summed E-state index contributed by atoms with van der Waals surface area (Å²) in [6.45, 7) is 5.31. The van der Waals surface area contributed by atoms with Crippen LogP contribution >= 0.6 is 0 Å². The van der Waals surface area contributed by atoms with Crippen molar-refractivity contribution in [2.24, 2.45) is 0 Å². The number of benzene rings is 2. The smallest absolute Gasteiger partial charge is 0.255 e. The lowest BCUT2D eigenvalue weighted by Crippen LogP contribution is -2.41. The van der Waals surface area contributed by atoms with Crippen molar-refractivity contribution in [1.82, 2.24) is 20.3 Å². The Hall–Kier alpha value is -4.33. The largest absolute Gasteiger partial charge is 0.438 e. The van der Waals surface area contributed by atoms with Crippen molar-refractivity contribution in [3.05, 3.63) is 94.1 Å². The highest BCUT2D eigenvalue weighted by atomic mass is 19.1. The van der Waals surface area contributed by atoms with Gasteiger partial charge in [-0.1, -0.05) is 12.1 Å². The molecular formula is C26H21FN4O3. The Morgan fingerprint density at radius 1 is 1.03 bits per heavy atom. The lowest BCUT2D eigenvalue weighted by Gasteiger charge is -2.23. The van der Waals surface area contributed by atoms with Crippen LogP contribution in [0.4, 0.5) is 4.39 Å². The Bertz CT molecular complexity index is 1620. The molecule has 8 heteroatoms. The molecule has 5 aromatic rings. The Labute approximate surface area is 193 Å². The van der Waals surface area contributed by atoms with Gasteiger partial charge in [0.1, 0.15) is 11.4 Å². The number of para-hydroxylation sites is 1. The number of aromatic nitrogens is 3. The van der Waals surface area contributed by atoms with Crippen LogP contribution in [0.1, 0.15) is 35.8 Å². The molecule has 0 saturated carbocycles. The number of nitrogens with one attached hydrogen (secondary N) is 2. The highest BCUT2D eigenvalue weighted by Gasteiger charge is 2.30. The zero-order chi connectivity index (χ0) is 24.0. The molecule has 0 bridgehead atoms. The van der Waals surface area contributed by atoms with Gasteiger partial charge < -0.3 is 14.7 Å². The lowest BCUT2D eigenvalue weighted by molar-refractivity contribution is 0.0895. The highest BCUT2D eigenvalue weighted by molar-refractivity contribution is 6.00. The van der Waals surface area contributed by atoms with Crippen molar-refractivity contribution in [1.29, 1.82) is 0 Å². The average Bonchev–Trinajstić information content (AvgIpc) is 3.31. The molecule has 3 aromatic heterocycles. The molecule has 0 spiro atoms. The number of hydrogen-bond acceptors (Lipinski definition) is 5. The summed E-state index contributed by atoms with van der Waals surface area (Å²) in [7, 11) is 0. The molecule has 5 rings (SSSR count). The van der Waals surface area contributed by atoms with E-state index in [2.05, 4.69) is 20.3 Å². The first-order chi connectivity index (χ1) is 16.2. The number of rotatable bonds is 4. The van der Waals surface area contributed by atoms with E-state index in [1.54, 1.807) is 50.5 Å². The second-order valence-corrected chi connectivity index (χ2v) is 8.67. The van der Waals surface area contributed by atoms with Gasteiger partial charge in [-0.2, -0.15) is 0 Å². The van der Waals surface area contributed by atoms with E-state index in [-0.39, 0.29) is 22.3 Å². The summed E-state index contributed by atoms with van der Waals surface area (Å²) < 4.78 is 20.8. The minimum Gasteiger partial charge on any atom is -0.438 e. The molecule has 0 aliphatic heterocycles. The van der Waals surface area contributed by atoms with Crippen molar-refractivity contribution in [2.75, 3.05) is 0 Å². The zero-order valence-electron chi connectivity index (χ0n) is 18.8. The summed E-state index contributed by atoms with van der Waals surface area (Å²) in [5.74, 6) is -0.682. The van der Waals surface area contributed by atoms with Gasteiger partial charge in [-0.3, -0.25) is 14.6 Å². The Kier molecular flexibility index (Phi) is 5.01. The summed E-state index contributed by atoms with van der Waals surface area (Å²) in [5.41, 5.74) is 1.08. The van der Waals surface area contributed by atoms with Gasteiger partial charge in [0.25, 0.3) is 5.91 Å². The maximum Gasteiger partial charge on any atom is 0.255 e. The monoisotopic (exact) mass is 456 g/mol. The van der Waals surface area contributed by atoms with Gasteiger partial charge in [-0.25, -0.2) is 9.37 Å². The van der Waals surface area contributed by atoms with E-state index in [1.165, 1.54) is 6.07 Å². The SMILES string of the molecule is Cc1ccc(-c2cnc(C(C)(C)NC(=O)c3cc4[nH]c5ccccc5c(=O)c4cc3F)o2)cn1. The number of halogens is 1. The first-order valence-electron chi connectivity index (χ1n) is 10.7. The van der Waals surface area contributed by atoms with Crippen molar-refractivity contribution in [3.8, 4) is 11.3 Å². The first-order valence-corrected chi connectivity index (χ1v) is 10.7. The van der Waals surface area contributed by atoms with Gasteiger partial charge in [0, 0.05) is 33.7 Å². The molecule has 170 valence electrons. The summed E-state index contributed by atoms with van der Waals surface area (Å²) in [6, 6.07) is 13.1. The average molecular weight is 456 g/mol. The topological polar surface area (TPSA) is 101 Å². The van der Waals surface area contributed by atoms with E-state index in [9.17, 15) is 14.0 Å². The van der Waals surface area contributed by atoms with Gasteiger partial charge in [0.05, 0.1) is 17.3 Å². The van der Waals surface area contributed by atoms with E-state index in [4.69, 9.17) is 4.42 Å². The van der Waals surface area contributed by atoms with Crippen molar-refractivity contribution >= 4 is 27.7 Å². The third-order valence-corrected chi connectivity index (χ3v) is 5.70. The van der Waals surface area contributed by atoms with Crippen molar-refractivity contribution in [2.45, 2.75) is 26.3 Å². The number of amides is 1. The van der Waals surface area contributed by atoms with Crippen LogP contribution in [0.3, 0.4) is 0 Å². The number of fused-ring (bicyclic) bond motifs is 2. The van der Waals surface area contributed by atoms with Crippen LogP contribution < -0.4 is 10.7 Å². The van der Waals surface area contributed by atoms with Gasteiger partial charge in [-0.15, -0.1) is 0 Å². The van der Waals surface area contributed by atoms with Gasteiger partial charge in [0.15, 0.2) is 11.2 Å². The molecule has 34 heavy (non-hydrogen) atoms. The number of pyridine rings is 2. The quantitative estimate of drug-likeness (QED) is 0.377. The molecule has 0 fully saturated rings. The number of oxazole rings is 1. The van der Waals surface area contributed by atoms with Crippen LogP contribution in [0.2, 0.25) is 0 Å². The van der Waals surface area contributed by atoms with Crippen LogP contribution in [0, 0.1) is 12.7 Å². The van der Waals surface area contributed by atoms with Crippen LogP contribution in [-0.2, 0) is 5.54 Å². The number of nitrogens with zero attached hydrogens (tertiary/aromatic N) is 2. The molecule has 0 atom stereocenters. The number of carbonyl (C=O) groups excluding carboxylic acids is 1. The van der Waals surface area contributed by atoms with Gasteiger partial charge in [0.2, 0.25) is 5.89 Å². The molecule has 2 N–H and O–H groups in total. The number of hydrogen-bond donors (Lipinski definition) is 2. The number of aromatic amines is 1. The summed E-state index contributed by atoms with van der Waals surface area (Å²) >= 11 is 0. The molecular weight excluding hydrogens is 435 g/mol. The maximum absolute atomic E-state index is 14.9. The predicted octanol–water partition coefficient (Wildman–Crippen LogP) is 4.84. The summed E-state index contributed by atoms with van der Waals surface area (Å²) in [4.78, 5) is 37.5. The summed E-state index contributed by atoms with van der Waals surface area (Å²) in [5, 5.41) is 3.41. The number of aryl methyl sites for hydroxylation is 1. The molecule has 0 aliphatic rings. The fraction of sp³-hybridized carbons (Fsp3) is 0.154. The fourth-order valence-corrected chi connectivity index (χ4v) is 3.83. The molecule has 1 amide bonds. The second-order valence-electron chi connectivity index (χ2n) is 8.67. The van der Waals surface area contributed by atoms with Crippen LogP contribution in [0.25, 0.3) is 33.1 Å². The molecule has 3 heterocycles. The molecule has 0 aliphatic carbocycles. The normalized spacial score (nSPS) is 11.8. The molecule has 7 nitrogen and oxygen atoms in total. The minimum absolute atomic E-state index is 0.177. The lowest BCUT2D eigenvalue weighted by atomic mass is 10.0. The molecule has 2 aromatic carbocycles. The van der Waals surface area contributed by atoms with Crippen LogP contribution in [-0.4, -0.2) is 20.9 Å². The van der Waals surface area contributed by atoms with Crippen LogP contribution in [0.5, 0.6) is 0 Å². The second kappa shape index (κ2) is 7.91. The molecule has 0 unspecified atom stereocenters. The van der Waals surface area contributed by atoms with E-state index in [0.717, 1.165) is 17.3 Å². The summed E-state index contributed by atoms with van der Waals surface area (Å²) in [6.07, 6.45) is 3.24. The Morgan fingerprint density at radius 3 is 2.59 bits per heavy atom. The number of carbonyl (C=O) groups is 1. The first kappa shape index (κ1) is 21.5. The van der Waals surface area contributed by atoms with E-state index in [0.29, 0.717) is 22.2 Å². The van der Waals surface area contributed by atoms with Gasteiger partial charge >= 0.3 is 0 Å². The van der Waals surface area contributed by atoms with Gasteiger partial charge in [-0.05, 0) is 57.2 Å². The van der Waals surface area contributed by atoms with E-state index in [1.807, 2.05) is 19.1 Å². The van der Waals surface area contributed by atoms with E-state index >= 15 is 0 Å². The molecule has 0 saturated heterocycles. The Balaban J connectivity index is 1.47. The van der Waals surface area contributed by atoms with E-state index < -0.39 is 17.3 Å². The fourth-order valence-electron chi connectivity index (χ4n) is 3.83. The standard InChI is InChI=1S/C26H21FN4O3/c1-14-8-9-15(12-28-14)22-13-29-25(34-22)26(2,3)31-24(33)17-11-21-18(10-19(17)27)23(32)16-6-4-5-7-20(16)30-21/h4-13H,1-3H3,(H,30,32)(H,31,33). The Morgan fingerprint density at radius 2 is 1.82 bits per heavy atom. The van der Waals surface area contributed by atoms with Crippen LogP contribution in [0.15, 0.2) is 70.1 Å². The van der Waals surface area contributed by atoms with Crippen molar-refractivity contribution < 1.29 is 13.6 Å². The third-order valence-electron chi connectivity index (χ3n) is 5.70. The highest BCUT2D eigenvalue weighted by Crippen LogP contribution is 2.27. The van der Waals surface area contributed by atoms with Crippen molar-refractivity contribution in [3.63, 3.8) is 0 Å². The maximum atomic E-state index is 14.9. The minimum atomic E-state index is -1.04. The molecule has 0 radical (unpaired) electrons.